The van der Waals surface area contributed by atoms with E-state index in [1.54, 1.807) is 6.92 Å². The molecule has 1 aliphatic heterocycles. The van der Waals surface area contributed by atoms with Crippen molar-refractivity contribution >= 4 is 11.9 Å². The number of carboxylic acids is 1. The Balaban J connectivity index is 2.15. The van der Waals surface area contributed by atoms with Crippen LogP contribution < -0.4 is 10.6 Å². The second-order valence-corrected chi connectivity index (χ2v) is 4.64. The minimum absolute atomic E-state index is 0.276. The Morgan fingerprint density at radius 2 is 2.21 bits per heavy atom. The smallest absolute Gasteiger partial charge is 0.326 e. The van der Waals surface area contributed by atoms with Crippen molar-refractivity contribution in [2.45, 2.75) is 31.8 Å². The van der Waals surface area contributed by atoms with Crippen LogP contribution in [0.5, 0.6) is 0 Å². The lowest BCUT2D eigenvalue weighted by Crippen LogP contribution is -2.47. The zero-order valence-corrected chi connectivity index (χ0v) is 10.8. The average molecular weight is 262 g/mol. The highest BCUT2D eigenvalue weighted by atomic mass is 16.4. The molecule has 0 aromatic heterocycles. The van der Waals surface area contributed by atoms with Gasteiger partial charge in [-0.15, -0.1) is 0 Å². The van der Waals surface area contributed by atoms with Crippen LogP contribution in [0.15, 0.2) is 24.3 Å². The van der Waals surface area contributed by atoms with Gasteiger partial charge in [-0.25, -0.2) is 4.79 Å². The standard InChI is InChI=1S/C14H18N2O3/c1-2-11(14(18)19)16-13(17)12-10-6-4-3-5-9(10)7-8-15-12/h3-6,11-12,15H,2,7-8H2,1H3,(H,16,17)(H,18,19)/t11-,12?/m1/s1. The number of amides is 1. The van der Waals surface area contributed by atoms with Gasteiger partial charge in [0.25, 0.3) is 0 Å². The maximum absolute atomic E-state index is 12.2. The van der Waals surface area contributed by atoms with Crippen LogP contribution in [-0.2, 0) is 16.0 Å². The number of aliphatic carboxylic acids is 1. The third-order valence-electron chi connectivity index (χ3n) is 3.39. The van der Waals surface area contributed by atoms with Crippen LogP contribution in [0.4, 0.5) is 0 Å². The predicted octanol–water partition coefficient (Wildman–Crippen LogP) is 0.853. The van der Waals surface area contributed by atoms with Gasteiger partial charge in [-0.2, -0.15) is 0 Å². The highest BCUT2D eigenvalue weighted by molar-refractivity contribution is 5.88. The van der Waals surface area contributed by atoms with E-state index in [0.717, 1.165) is 24.1 Å². The van der Waals surface area contributed by atoms with E-state index in [1.165, 1.54) is 0 Å². The van der Waals surface area contributed by atoms with Crippen molar-refractivity contribution in [1.29, 1.82) is 0 Å². The van der Waals surface area contributed by atoms with Gasteiger partial charge in [-0.3, -0.25) is 4.79 Å². The van der Waals surface area contributed by atoms with Crippen LogP contribution in [0.25, 0.3) is 0 Å². The molecule has 0 saturated heterocycles. The summed E-state index contributed by atoms with van der Waals surface area (Å²) in [6.07, 6.45) is 1.26. The SMILES string of the molecule is CC[C@@H](NC(=O)C1NCCc2ccccc21)C(=O)O. The highest BCUT2D eigenvalue weighted by Crippen LogP contribution is 2.22. The van der Waals surface area contributed by atoms with Crippen molar-refractivity contribution in [1.82, 2.24) is 10.6 Å². The fourth-order valence-electron chi connectivity index (χ4n) is 2.33. The molecular weight excluding hydrogens is 244 g/mol. The van der Waals surface area contributed by atoms with Crippen LogP contribution in [0.1, 0.15) is 30.5 Å². The first kappa shape index (κ1) is 13.5. The van der Waals surface area contributed by atoms with Crippen LogP contribution in [0.2, 0.25) is 0 Å². The summed E-state index contributed by atoms with van der Waals surface area (Å²) in [5.41, 5.74) is 2.08. The second-order valence-electron chi connectivity index (χ2n) is 4.64. The van der Waals surface area contributed by atoms with Crippen LogP contribution in [0.3, 0.4) is 0 Å². The van der Waals surface area contributed by atoms with E-state index in [4.69, 9.17) is 5.11 Å². The number of carbonyl (C=O) groups is 2. The number of carbonyl (C=O) groups excluding carboxylic acids is 1. The van der Waals surface area contributed by atoms with Gasteiger partial charge in [0.1, 0.15) is 12.1 Å². The van der Waals surface area contributed by atoms with E-state index in [-0.39, 0.29) is 5.91 Å². The summed E-state index contributed by atoms with van der Waals surface area (Å²) in [5, 5.41) is 14.7. The molecule has 0 saturated carbocycles. The quantitative estimate of drug-likeness (QED) is 0.752. The van der Waals surface area contributed by atoms with E-state index < -0.39 is 18.1 Å². The Hall–Kier alpha value is -1.88. The zero-order chi connectivity index (χ0) is 13.8. The Morgan fingerprint density at radius 3 is 2.89 bits per heavy atom. The lowest BCUT2D eigenvalue weighted by molar-refractivity contribution is -0.142. The van der Waals surface area contributed by atoms with Crippen molar-refractivity contribution in [3.05, 3.63) is 35.4 Å². The molecule has 2 rings (SSSR count). The molecule has 0 bridgehead atoms. The summed E-state index contributed by atoms with van der Waals surface area (Å²) in [5.74, 6) is -1.28. The molecule has 2 atom stereocenters. The van der Waals surface area contributed by atoms with E-state index >= 15 is 0 Å². The number of fused-ring (bicyclic) bond motifs is 1. The van der Waals surface area contributed by atoms with Gasteiger partial charge in [0.15, 0.2) is 0 Å². The summed E-state index contributed by atoms with van der Waals surface area (Å²) >= 11 is 0. The molecule has 1 heterocycles. The average Bonchev–Trinajstić information content (AvgIpc) is 2.43. The van der Waals surface area contributed by atoms with Gasteiger partial charge in [0.05, 0.1) is 0 Å². The van der Waals surface area contributed by atoms with Crippen LogP contribution in [0, 0.1) is 0 Å². The van der Waals surface area contributed by atoms with Crippen molar-refractivity contribution in [2.24, 2.45) is 0 Å². The summed E-state index contributed by atoms with van der Waals surface area (Å²) in [6, 6.07) is 6.46. The van der Waals surface area contributed by atoms with Crippen molar-refractivity contribution < 1.29 is 14.7 Å². The minimum Gasteiger partial charge on any atom is -0.480 e. The molecule has 1 aromatic rings. The molecule has 0 radical (unpaired) electrons. The third-order valence-corrected chi connectivity index (χ3v) is 3.39. The van der Waals surface area contributed by atoms with Gasteiger partial charge in [0, 0.05) is 6.54 Å². The van der Waals surface area contributed by atoms with Gasteiger partial charge in [-0.05, 0) is 24.0 Å². The van der Waals surface area contributed by atoms with Gasteiger partial charge in [0.2, 0.25) is 5.91 Å². The molecule has 5 nitrogen and oxygen atoms in total. The second kappa shape index (κ2) is 5.84. The number of benzene rings is 1. The van der Waals surface area contributed by atoms with E-state index in [0.29, 0.717) is 6.42 Å². The van der Waals surface area contributed by atoms with Crippen molar-refractivity contribution in [3.63, 3.8) is 0 Å². The lowest BCUT2D eigenvalue weighted by atomic mass is 9.93. The molecule has 102 valence electrons. The fraction of sp³-hybridized carbons (Fsp3) is 0.429. The summed E-state index contributed by atoms with van der Waals surface area (Å²) in [4.78, 5) is 23.2. The summed E-state index contributed by atoms with van der Waals surface area (Å²) in [7, 11) is 0. The monoisotopic (exact) mass is 262 g/mol. The summed E-state index contributed by atoms with van der Waals surface area (Å²) < 4.78 is 0. The van der Waals surface area contributed by atoms with Crippen molar-refractivity contribution in [2.75, 3.05) is 6.54 Å². The largest absolute Gasteiger partial charge is 0.480 e. The Kier molecular flexibility index (Phi) is 4.16. The Morgan fingerprint density at radius 1 is 1.47 bits per heavy atom. The molecule has 1 unspecified atom stereocenters. The molecule has 3 N–H and O–H groups in total. The van der Waals surface area contributed by atoms with Crippen LogP contribution >= 0.6 is 0 Å². The first-order chi connectivity index (χ1) is 9.13. The molecule has 1 aliphatic rings. The maximum atomic E-state index is 12.2. The molecule has 5 heteroatoms. The Labute approximate surface area is 112 Å². The van der Waals surface area contributed by atoms with Gasteiger partial charge in [-0.1, -0.05) is 31.2 Å². The number of rotatable bonds is 4. The topological polar surface area (TPSA) is 78.4 Å². The van der Waals surface area contributed by atoms with E-state index in [9.17, 15) is 9.59 Å². The number of nitrogens with one attached hydrogen (secondary N) is 2. The third kappa shape index (κ3) is 2.93. The molecule has 0 fully saturated rings. The van der Waals surface area contributed by atoms with Crippen LogP contribution in [-0.4, -0.2) is 29.6 Å². The number of hydrogen-bond acceptors (Lipinski definition) is 3. The highest BCUT2D eigenvalue weighted by Gasteiger charge is 2.28. The molecule has 19 heavy (non-hydrogen) atoms. The Bertz CT molecular complexity index is 487. The van der Waals surface area contributed by atoms with E-state index in [1.807, 2.05) is 24.3 Å². The first-order valence-electron chi connectivity index (χ1n) is 6.48. The molecule has 1 amide bonds. The van der Waals surface area contributed by atoms with Gasteiger partial charge >= 0.3 is 5.97 Å². The lowest BCUT2D eigenvalue weighted by Gasteiger charge is -2.27. The molecule has 0 spiro atoms. The van der Waals surface area contributed by atoms with Crippen molar-refractivity contribution in [3.8, 4) is 0 Å². The number of carboxylic acid groups (broad SMARTS) is 1. The van der Waals surface area contributed by atoms with Gasteiger partial charge < -0.3 is 15.7 Å². The normalized spacial score (nSPS) is 19.3. The first-order valence-corrected chi connectivity index (χ1v) is 6.48. The van der Waals surface area contributed by atoms with E-state index in [2.05, 4.69) is 10.6 Å². The molecule has 0 aliphatic carbocycles. The maximum Gasteiger partial charge on any atom is 0.326 e. The zero-order valence-electron chi connectivity index (χ0n) is 10.8. The predicted molar refractivity (Wildman–Crippen MR) is 70.7 cm³/mol. The minimum atomic E-state index is -1.00. The molecular formula is C14H18N2O3. The molecule has 1 aromatic carbocycles. The number of hydrogen-bond donors (Lipinski definition) is 3. The summed E-state index contributed by atoms with van der Waals surface area (Å²) in [6.45, 7) is 2.46. The fourth-order valence-corrected chi connectivity index (χ4v) is 2.33.